The molecule has 0 fully saturated rings. The summed E-state index contributed by atoms with van der Waals surface area (Å²) in [6, 6.07) is 12.6. The number of benzene rings is 2. The summed E-state index contributed by atoms with van der Waals surface area (Å²) in [5, 5.41) is 24.2. The Morgan fingerprint density at radius 2 is 2.04 bits per heavy atom. The summed E-state index contributed by atoms with van der Waals surface area (Å²) >= 11 is 0. The molecule has 0 spiro atoms. The quantitative estimate of drug-likeness (QED) is 0.496. The number of nitrogens with zero attached hydrogens (tertiary/aromatic N) is 2. The molecule has 0 aliphatic carbocycles. The van der Waals surface area contributed by atoms with Crippen LogP contribution in [0.5, 0.6) is 0 Å². The minimum atomic E-state index is -0.519. The van der Waals surface area contributed by atoms with Gasteiger partial charge in [-0.1, -0.05) is 23.4 Å². The number of H-pyrrole nitrogens is 1. The molecule has 28 heavy (non-hydrogen) atoms. The fraction of sp³-hybridized carbons (Fsp3) is 0.190. The van der Waals surface area contributed by atoms with E-state index < -0.39 is 11.9 Å². The Kier molecular flexibility index (Phi) is 4.67. The second-order valence-electron chi connectivity index (χ2n) is 6.80. The highest BCUT2D eigenvalue weighted by molar-refractivity contribution is 5.93. The van der Waals surface area contributed by atoms with Crippen LogP contribution in [0.1, 0.15) is 33.2 Å². The lowest BCUT2D eigenvalue weighted by atomic mass is 10.0. The molecular formula is C21H20N4O3. The van der Waals surface area contributed by atoms with Crippen LogP contribution < -0.4 is 5.32 Å². The van der Waals surface area contributed by atoms with Crippen LogP contribution in [0.2, 0.25) is 0 Å². The van der Waals surface area contributed by atoms with Crippen molar-refractivity contribution in [3.05, 3.63) is 71.0 Å². The predicted octanol–water partition coefficient (Wildman–Crippen LogP) is 3.30. The van der Waals surface area contributed by atoms with Gasteiger partial charge in [-0.05, 0) is 48.7 Å². The maximum atomic E-state index is 12.6. The third-order valence-electron chi connectivity index (χ3n) is 4.89. The molecule has 0 aliphatic heterocycles. The first kappa shape index (κ1) is 17.9. The summed E-state index contributed by atoms with van der Waals surface area (Å²) in [7, 11) is 0. The van der Waals surface area contributed by atoms with Crippen molar-refractivity contribution >= 4 is 16.8 Å². The van der Waals surface area contributed by atoms with Crippen molar-refractivity contribution < 1.29 is 14.4 Å². The molecule has 1 atom stereocenters. The van der Waals surface area contributed by atoms with Gasteiger partial charge in [0.2, 0.25) is 0 Å². The number of carbonyl (C=O) groups excluding carboxylic acids is 1. The largest absolute Gasteiger partial charge is 0.394 e. The van der Waals surface area contributed by atoms with Gasteiger partial charge in [0.05, 0.1) is 24.4 Å². The van der Waals surface area contributed by atoms with Gasteiger partial charge >= 0.3 is 0 Å². The maximum absolute atomic E-state index is 12.6. The lowest BCUT2D eigenvalue weighted by molar-refractivity contribution is 0.0907. The predicted molar refractivity (Wildman–Crippen MR) is 105 cm³/mol. The molecule has 2 aromatic heterocycles. The topological polar surface area (TPSA) is 104 Å². The molecule has 0 bridgehead atoms. The van der Waals surface area contributed by atoms with Crippen LogP contribution in [0.25, 0.3) is 22.2 Å². The van der Waals surface area contributed by atoms with Crippen LogP contribution in [-0.4, -0.2) is 33.0 Å². The number of carbonyl (C=O) groups is 1. The average Bonchev–Trinajstić information content (AvgIpc) is 3.37. The fourth-order valence-electron chi connectivity index (χ4n) is 3.06. The van der Waals surface area contributed by atoms with Crippen LogP contribution in [-0.2, 0) is 0 Å². The summed E-state index contributed by atoms with van der Waals surface area (Å²) in [6.07, 6.45) is 1.72. The van der Waals surface area contributed by atoms with Crippen LogP contribution in [0.4, 0.5) is 0 Å². The van der Waals surface area contributed by atoms with Gasteiger partial charge < -0.3 is 14.9 Å². The highest BCUT2D eigenvalue weighted by atomic mass is 16.5. The molecule has 2 aromatic carbocycles. The zero-order valence-corrected chi connectivity index (χ0v) is 15.6. The molecule has 7 nitrogen and oxygen atoms in total. The number of aromatic amines is 1. The number of aromatic nitrogens is 3. The standard InChI is InChI=1S/C21H20N4O3/c1-12-3-4-14(7-13(12)2)19(11-26)23-21(27)18-9-20(28-25-18)15-5-6-17-16(8-15)10-22-24-17/h3-10,19,26H,11H2,1-2H3,(H,22,24)(H,23,27). The van der Waals surface area contributed by atoms with E-state index in [1.807, 2.05) is 50.2 Å². The van der Waals surface area contributed by atoms with Gasteiger partial charge in [0.15, 0.2) is 11.5 Å². The van der Waals surface area contributed by atoms with Crippen molar-refractivity contribution in [2.75, 3.05) is 6.61 Å². The Labute approximate surface area is 161 Å². The Bertz CT molecular complexity index is 1150. The zero-order valence-electron chi connectivity index (χ0n) is 15.6. The fourth-order valence-corrected chi connectivity index (χ4v) is 3.06. The second-order valence-corrected chi connectivity index (χ2v) is 6.80. The molecule has 142 valence electrons. The van der Waals surface area contributed by atoms with Gasteiger partial charge in [-0.2, -0.15) is 5.10 Å². The van der Waals surface area contributed by atoms with Gasteiger partial charge in [-0.15, -0.1) is 0 Å². The molecule has 0 saturated carbocycles. The summed E-state index contributed by atoms with van der Waals surface area (Å²) in [6.45, 7) is 3.80. The molecule has 0 saturated heterocycles. The Morgan fingerprint density at radius 3 is 2.82 bits per heavy atom. The van der Waals surface area contributed by atoms with Crippen molar-refractivity contribution in [1.82, 2.24) is 20.7 Å². The van der Waals surface area contributed by atoms with Crippen molar-refractivity contribution in [3.8, 4) is 11.3 Å². The van der Waals surface area contributed by atoms with Gasteiger partial charge in [0.1, 0.15) is 0 Å². The third-order valence-corrected chi connectivity index (χ3v) is 4.89. The van der Waals surface area contributed by atoms with Gasteiger partial charge in [0.25, 0.3) is 5.91 Å². The number of hydrogen-bond donors (Lipinski definition) is 3. The molecule has 4 rings (SSSR count). The first-order valence-electron chi connectivity index (χ1n) is 8.94. The van der Waals surface area contributed by atoms with E-state index in [9.17, 15) is 9.90 Å². The number of aryl methyl sites for hydroxylation is 2. The number of fused-ring (bicyclic) bond motifs is 1. The normalized spacial score (nSPS) is 12.2. The van der Waals surface area contributed by atoms with E-state index >= 15 is 0 Å². The van der Waals surface area contributed by atoms with Gasteiger partial charge in [-0.3, -0.25) is 9.89 Å². The third kappa shape index (κ3) is 3.39. The molecule has 1 amide bonds. The van der Waals surface area contributed by atoms with E-state index in [0.29, 0.717) is 5.76 Å². The molecule has 3 N–H and O–H groups in total. The van der Waals surface area contributed by atoms with Crippen molar-refractivity contribution in [3.63, 3.8) is 0 Å². The number of nitrogens with one attached hydrogen (secondary N) is 2. The summed E-state index contributed by atoms with van der Waals surface area (Å²) in [5.41, 5.74) is 4.97. The van der Waals surface area contributed by atoms with E-state index in [1.54, 1.807) is 12.3 Å². The molecule has 7 heteroatoms. The number of aliphatic hydroxyl groups is 1. The maximum Gasteiger partial charge on any atom is 0.274 e. The first-order chi connectivity index (χ1) is 13.5. The van der Waals surface area contributed by atoms with Crippen molar-refractivity contribution in [2.24, 2.45) is 0 Å². The van der Waals surface area contributed by atoms with Crippen LogP contribution in [0.3, 0.4) is 0 Å². The van der Waals surface area contributed by atoms with Crippen LogP contribution in [0.15, 0.2) is 53.2 Å². The number of hydrogen-bond acceptors (Lipinski definition) is 5. The van der Waals surface area contributed by atoms with E-state index in [0.717, 1.165) is 33.2 Å². The monoisotopic (exact) mass is 376 g/mol. The summed E-state index contributed by atoms with van der Waals surface area (Å²) in [4.78, 5) is 12.6. The Hall–Kier alpha value is -3.45. The SMILES string of the molecule is Cc1ccc(C(CO)NC(=O)c2cc(-c3ccc4[nH]ncc4c3)on2)cc1C. The van der Waals surface area contributed by atoms with Crippen LogP contribution >= 0.6 is 0 Å². The van der Waals surface area contributed by atoms with E-state index in [1.165, 1.54) is 0 Å². The molecule has 0 aliphatic rings. The lowest BCUT2D eigenvalue weighted by Gasteiger charge is -2.17. The highest BCUT2D eigenvalue weighted by Gasteiger charge is 2.19. The summed E-state index contributed by atoms with van der Waals surface area (Å²) < 4.78 is 5.35. The molecular weight excluding hydrogens is 356 g/mol. The Morgan fingerprint density at radius 1 is 1.18 bits per heavy atom. The highest BCUT2D eigenvalue weighted by Crippen LogP contribution is 2.24. The Balaban J connectivity index is 1.54. The minimum Gasteiger partial charge on any atom is -0.394 e. The molecule has 1 unspecified atom stereocenters. The lowest BCUT2D eigenvalue weighted by Crippen LogP contribution is -2.31. The summed E-state index contributed by atoms with van der Waals surface area (Å²) in [5.74, 6) is 0.0802. The minimum absolute atomic E-state index is 0.157. The van der Waals surface area contributed by atoms with Crippen molar-refractivity contribution in [1.29, 1.82) is 0 Å². The van der Waals surface area contributed by atoms with Gasteiger partial charge in [-0.25, -0.2) is 0 Å². The number of rotatable bonds is 5. The zero-order chi connectivity index (χ0) is 19.7. The number of aliphatic hydroxyl groups excluding tert-OH is 1. The van der Waals surface area contributed by atoms with E-state index in [4.69, 9.17) is 4.52 Å². The van der Waals surface area contributed by atoms with E-state index in [-0.39, 0.29) is 12.3 Å². The first-order valence-corrected chi connectivity index (χ1v) is 8.94. The second kappa shape index (κ2) is 7.28. The molecule has 4 aromatic rings. The molecule has 2 heterocycles. The average molecular weight is 376 g/mol. The van der Waals surface area contributed by atoms with Gasteiger partial charge in [0, 0.05) is 17.0 Å². The van der Waals surface area contributed by atoms with Crippen LogP contribution in [0, 0.1) is 13.8 Å². The van der Waals surface area contributed by atoms with E-state index in [2.05, 4.69) is 20.7 Å². The molecule has 0 radical (unpaired) electrons. The number of amides is 1. The smallest absolute Gasteiger partial charge is 0.274 e. The van der Waals surface area contributed by atoms with Crippen molar-refractivity contribution in [2.45, 2.75) is 19.9 Å².